The molecule has 1 saturated heterocycles. The lowest BCUT2D eigenvalue weighted by Crippen LogP contribution is -2.19. The molecule has 1 N–H and O–H groups in total. The molecule has 2 rings (SSSR count). The second kappa shape index (κ2) is 4.48. The third kappa shape index (κ3) is 2.31. The van der Waals surface area contributed by atoms with Crippen molar-refractivity contribution >= 4 is 21.1 Å². The Kier molecular flexibility index (Phi) is 3.25. The van der Waals surface area contributed by atoms with Gasteiger partial charge in [0.05, 0.1) is 5.57 Å². The Morgan fingerprint density at radius 1 is 1.07 bits per heavy atom. The number of allylic oxidation sites excluding steroid dienone is 4. The Morgan fingerprint density at radius 2 is 1.73 bits per heavy atom. The Bertz CT molecular complexity index is 377. The fourth-order valence-electron chi connectivity index (χ4n) is 2.19. The molecule has 0 atom stereocenters. The van der Waals surface area contributed by atoms with Crippen molar-refractivity contribution in [3.8, 4) is 0 Å². The van der Waals surface area contributed by atoms with E-state index in [1.807, 2.05) is 6.92 Å². The van der Waals surface area contributed by atoms with Gasteiger partial charge in [-0.3, -0.25) is 4.79 Å². The van der Waals surface area contributed by atoms with E-state index < -0.39 is 0 Å². The lowest BCUT2D eigenvalue weighted by molar-refractivity contribution is 0.684. The smallest absolute Gasteiger partial charge is 0.273 e. The van der Waals surface area contributed by atoms with Gasteiger partial charge in [0.1, 0.15) is 4.86 Å². The quantitative estimate of drug-likeness (QED) is 0.445. The number of carbonyl (C=O) groups excluding carboxylic acids is 1. The summed E-state index contributed by atoms with van der Waals surface area (Å²) in [5.41, 5.74) is 2.31. The molecule has 0 unspecified atom stereocenters. The van der Waals surface area contributed by atoms with Crippen molar-refractivity contribution in [3.63, 3.8) is 0 Å². The van der Waals surface area contributed by atoms with E-state index in [0.29, 0.717) is 16.3 Å². The molecule has 0 aromatic heterocycles. The molecule has 1 aliphatic carbocycles. The van der Waals surface area contributed by atoms with Gasteiger partial charge in [-0.05, 0) is 55.9 Å². The second-order valence-corrected chi connectivity index (χ2v) is 6.63. The van der Waals surface area contributed by atoms with E-state index in [4.69, 9.17) is 0 Å². The topological polar surface area (TPSA) is 21.4 Å². The minimum absolute atomic E-state index is 0.310. The van der Waals surface area contributed by atoms with E-state index in [1.54, 1.807) is 0 Å². The first-order valence-electron chi connectivity index (χ1n) is 5.66. The molecule has 15 heavy (non-hydrogen) atoms. The van der Waals surface area contributed by atoms with E-state index >= 15 is 0 Å². The monoisotopic (exact) mass is 223 g/mol. The first-order chi connectivity index (χ1) is 7.18. The van der Waals surface area contributed by atoms with Gasteiger partial charge in [-0.2, -0.15) is 10.5 Å². The van der Waals surface area contributed by atoms with Crippen molar-refractivity contribution in [3.05, 3.63) is 23.3 Å². The van der Waals surface area contributed by atoms with E-state index in [-0.39, 0.29) is 0 Å². The molecule has 82 valence electrons. The average Bonchev–Trinajstić information content (AvgIpc) is 2.24. The molecule has 1 heterocycles. The molecule has 0 aromatic carbocycles. The van der Waals surface area contributed by atoms with E-state index in [0.717, 1.165) is 5.57 Å². The van der Waals surface area contributed by atoms with Crippen LogP contribution in [0.25, 0.3) is 0 Å². The molecule has 0 saturated carbocycles. The summed E-state index contributed by atoms with van der Waals surface area (Å²) in [6.07, 6.45) is 8.27. The zero-order valence-electron chi connectivity index (χ0n) is 9.55. The van der Waals surface area contributed by atoms with Crippen molar-refractivity contribution in [1.29, 1.82) is 0 Å². The number of ketones is 1. The summed E-state index contributed by atoms with van der Waals surface area (Å²) >= 11 is 0. The van der Waals surface area contributed by atoms with Gasteiger partial charge < -0.3 is 0 Å². The van der Waals surface area contributed by atoms with Gasteiger partial charge in [0.15, 0.2) is 0 Å². The fourth-order valence-corrected chi connectivity index (χ4v) is 4.73. The van der Waals surface area contributed by atoms with Crippen LogP contribution < -0.4 is 0 Å². The summed E-state index contributed by atoms with van der Waals surface area (Å²) in [4.78, 5) is 11.3. The molecule has 0 amide bonds. The normalized spacial score (nSPS) is 23.9. The van der Waals surface area contributed by atoms with Crippen LogP contribution in [0.1, 0.15) is 33.1 Å². The summed E-state index contributed by atoms with van der Waals surface area (Å²) in [7, 11) is 0.310. The molecule has 2 aliphatic rings. The first kappa shape index (κ1) is 10.9. The largest absolute Gasteiger partial charge is 0.355 e. The predicted octanol–water partition coefficient (Wildman–Crippen LogP) is 3.06. The third-order valence-corrected chi connectivity index (χ3v) is 5.50. The Hall–Kier alpha value is -0.630. The highest BCUT2D eigenvalue weighted by atomic mass is 32.2. The second-order valence-electron chi connectivity index (χ2n) is 4.39. The van der Waals surface area contributed by atoms with Crippen LogP contribution in [0.2, 0.25) is 0 Å². The van der Waals surface area contributed by atoms with Gasteiger partial charge in [-0.1, -0.05) is 6.42 Å². The molecular formula is C13H19OS+. The molecule has 1 nitrogen and oxygen atoms in total. The first-order valence-corrected chi connectivity index (χ1v) is 7.22. The fraction of sp³-hybridized carbons (Fsp3) is 0.538. The molecule has 2 heteroatoms. The van der Waals surface area contributed by atoms with Crippen LogP contribution in [0, 0.1) is 0 Å². The highest BCUT2D eigenvalue weighted by Crippen LogP contribution is 2.29. The van der Waals surface area contributed by atoms with Crippen LogP contribution in [0.4, 0.5) is 0 Å². The molecule has 0 radical (unpaired) electrons. The highest BCUT2D eigenvalue weighted by molar-refractivity contribution is 8.17. The van der Waals surface area contributed by atoms with Crippen LogP contribution in [0.15, 0.2) is 23.3 Å². The minimum Gasteiger partial charge on any atom is -0.273 e. The molecule has 1 fully saturated rings. The number of hydrogen-bond donors (Lipinski definition) is 0. The lowest BCUT2D eigenvalue weighted by atomic mass is 10.0. The maximum absolute atomic E-state index is 10.1. The molecule has 0 aromatic rings. The van der Waals surface area contributed by atoms with E-state index in [9.17, 15) is 4.79 Å². The van der Waals surface area contributed by atoms with Crippen molar-refractivity contribution in [2.75, 3.05) is 11.5 Å². The van der Waals surface area contributed by atoms with Crippen molar-refractivity contribution in [2.45, 2.75) is 33.1 Å². The maximum atomic E-state index is 10.1. The Labute approximate surface area is 94.2 Å². The van der Waals surface area contributed by atoms with Crippen molar-refractivity contribution in [2.24, 2.45) is 0 Å². The minimum atomic E-state index is 0.310. The van der Waals surface area contributed by atoms with Crippen LogP contribution in [-0.4, -0.2) is 26.9 Å². The summed E-state index contributed by atoms with van der Waals surface area (Å²) < 4.78 is 0. The van der Waals surface area contributed by atoms with Crippen molar-refractivity contribution < 1.29 is 4.79 Å². The van der Waals surface area contributed by atoms with Gasteiger partial charge in [0.25, 0.3) is 0 Å². The predicted molar refractivity (Wildman–Crippen MR) is 70.6 cm³/mol. The standard InChI is InChI=1S/C13H18OS/c1-10-8-11(2)13(14)12(9-10)15-6-4-3-5-7-15/h8-9H,3-7H2,1-2H3/p+1. The SMILES string of the molecule is CC1=CC(=S2CCCCC2)C(=[OH+])C(C)=C1. The van der Waals surface area contributed by atoms with E-state index in [2.05, 4.69) is 19.1 Å². The van der Waals surface area contributed by atoms with Gasteiger partial charge in [0.2, 0.25) is 0 Å². The molecule has 0 bridgehead atoms. The van der Waals surface area contributed by atoms with E-state index in [1.165, 1.54) is 41.2 Å². The maximum Gasteiger partial charge on any atom is 0.355 e. The zero-order chi connectivity index (χ0) is 10.8. The summed E-state index contributed by atoms with van der Waals surface area (Å²) in [5.74, 6) is 3.10. The number of hydrogen-bond acceptors (Lipinski definition) is 0. The van der Waals surface area contributed by atoms with Gasteiger partial charge >= 0.3 is 5.78 Å². The number of rotatable bonds is 0. The van der Waals surface area contributed by atoms with Crippen LogP contribution in [0.5, 0.6) is 0 Å². The zero-order valence-corrected chi connectivity index (χ0v) is 10.4. The molecule has 0 spiro atoms. The lowest BCUT2D eigenvalue weighted by Gasteiger charge is -2.18. The summed E-state index contributed by atoms with van der Waals surface area (Å²) in [6.45, 7) is 4.11. The third-order valence-electron chi connectivity index (χ3n) is 3.00. The van der Waals surface area contributed by atoms with Crippen LogP contribution >= 0.6 is 10.5 Å². The summed E-state index contributed by atoms with van der Waals surface area (Å²) in [6, 6.07) is 0. The van der Waals surface area contributed by atoms with Gasteiger partial charge in [-0.15, -0.1) is 0 Å². The van der Waals surface area contributed by atoms with Crippen LogP contribution in [-0.2, 0) is 0 Å². The Morgan fingerprint density at radius 3 is 2.40 bits per heavy atom. The molecule has 1 aliphatic heterocycles. The van der Waals surface area contributed by atoms with Gasteiger partial charge in [-0.25, -0.2) is 0 Å². The average molecular weight is 223 g/mol. The van der Waals surface area contributed by atoms with Gasteiger partial charge in [0, 0.05) is 0 Å². The van der Waals surface area contributed by atoms with Crippen molar-refractivity contribution in [1.82, 2.24) is 0 Å². The highest BCUT2D eigenvalue weighted by Gasteiger charge is 2.24. The summed E-state index contributed by atoms with van der Waals surface area (Å²) in [5, 5.41) is 0. The Balaban J connectivity index is 2.36. The molecular weight excluding hydrogens is 204 g/mol. The van der Waals surface area contributed by atoms with Crippen LogP contribution in [0.3, 0.4) is 0 Å².